The Balaban J connectivity index is 1.91. The van der Waals surface area contributed by atoms with E-state index >= 15 is 4.39 Å². The van der Waals surface area contributed by atoms with Crippen LogP contribution in [-0.4, -0.2) is 16.6 Å². The zero-order valence-electron chi connectivity index (χ0n) is 14.1. The Morgan fingerprint density at radius 1 is 1.30 bits per heavy atom. The van der Waals surface area contributed by atoms with Crippen LogP contribution in [0.25, 0.3) is 0 Å². The summed E-state index contributed by atoms with van der Waals surface area (Å²) in [5, 5.41) is 3.99. The van der Waals surface area contributed by atoms with Crippen molar-refractivity contribution in [2.75, 3.05) is 0 Å². The highest BCUT2D eigenvalue weighted by molar-refractivity contribution is 5.91. The molecule has 1 saturated carbocycles. The molecule has 0 spiro atoms. The lowest BCUT2D eigenvalue weighted by molar-refractivity contribution is -0.114. The van der Waals surface area contributed by atoms with Crippen LogP contribution < -0.4 is 0 Å². The van der Waals surface area contributed by atoms with Crippen LogP contribution in [0.15, 0.2) is 22.4 Å². The molecule has 23 heavy (non-hydrogen) atoms. The fourth-order valence-corrected chi connectivity index (χ4v) is 5.70. The molecule has 124 valence electrons. The van der Waals surface area contributed by atoms with E-state index in [0.29, 0.717) is 32.1 Å². The number of carbonyl (C=O) groups excluding carboxylic acids is 1. The van der Waals surface area contributed by atoms with Crippen LogP contribution in [0.2, 0.25) is 0 Å². The number of fused-ring (bicyclic) bond motifs is 4. The fourth-order valence-electron chi connectivity index (χ4n) is 5.70. The van der Waals surface area contributed by atoms with Crippen molar-refractivity contribution >= 4 is 5.78 Å². The van der Waals surface area contributed by atoms with E-state index in [4.69, 9.17) is 4.52 Å². The number of alkyl halides is 1. The first-order valence-corrected chi connectivity index (χ1v) is 8.66. The second-order valence-electron chi connectivity index (χ2n) is 8.43. The van der Waals surface area contributed by atoms with Crippen molar-refractivity contribution in [2.45, 2.75) is 70.4 Å². The van der Waals surface area contributed by atoms with Gasteiger partial charge in [-0.1, -0.05) is 25.9 Å². The average Bonchev–Trinajstić information content (AvgIpc) is 2.85. The van der Waals surface area contributed by atoms with Crippen molar-refractivity contribution in [3.05, 3.63) is 29.2 Å². The molecule has 0 saturated heterocycles. The summed E-state index contributed by atoms with van der Waals surface area (Å²) in [5.41, 5.74) is -0.0487. The monoisotopic (exact) mass is 317 g/mol. The van der Waals surface area contributed by atoms with Crippen LogP contribution in [0.4, 0.5) is 4.39 Å². The van der Waals surface area contributed by atoms with E-state index in [1.54, 1.807) is 12.3 Å². The maximum atomic E-state index is 15.8. The summed E-state index contributed by atoms with van der Waals surface area (Å²) in [6.45, 7) is 6.49. The standard InChI is InChI=1S/C19H24FNO2/c1-17(2)14-6-8-19(20)7-4-5-13(22)9-15(19)18(14,3)10-12-11-21-23-16(12)17/h9,11,14H,4-8,10H2,1-3H3/t14-,18-,19?/m0/s1. The van der Waals surface area contributed by atoms with Gasteiger partial charge in [0.1, 0.15) is 11.4 Å². The molecule has 0 radical (unpaired) electrons. The molecule has 3 atom stereocenters. The van der Waals surface area contributed by atoms with Crippen LogP contribution in [0.5, 0.6) is 0 Å². The molecule has 0 aromatic carbocycles. The third kappa shape index (κ3) is 1.93. The van der Waals surface area contributed by atoms with Crippen LogP contribution >= 0.6 is 0 Å². The Kier molecular flexibility index (Phi) is 2.99. The number of hydrogen-bond donors (Lipinski definition) is 0. The van der Waals surface area contributed by atoms with Crippen LogP contribution in [0.3, 0.4) is 0 Å². The van der Waals surface area contributed by atoms with Gasteiger partial charge in [0.05, 0.1) is 6.20 Å². The van der Waals surface area contributed by atoms with Crippen molar-refractivity contribution in [3.63, 3.8) is 0 Å². The van der Waals surface area contributed by atoms with Gasteiger partial charge in [0.15, 0.2) is 5.78 Å². The molecule has 3 nitrogen and oxygen atoms in total. The lowest BCUT2D eigenvalue weighted by atomic mass is 9.47. The van der Waals surface area contributed by atoms with Gasteiger partial charge in [0.2, 0.25) is 0 Å². The zero-order valence-corrected chi connectivity index (χ0v) is 14.1. The van der Waals surface area contributed by atoms with Crippen LogP contribution in [0, 0.1) is 11.3 Å². The molecule has 4 rings (SSSR count). The van der Waals surface area contributed by atoms with Gasteiger partial charge in [0.25, 0.3) is 0 Å². The quantitative estimate of drug-likeness (QED) is 0.716. The molecule has 0 N–H and O–H groups in total. The summed E-state index contributed by atoms with van der Waals surface area (Å²) < 4.78 is 21.3. The molecule has 1 aromatic rings. The lowest BCUT2D eigenvalue weighted by Gasteiger charge is -2.56. The van der Waals surface area contributed by atoms with Crippen molar-refractivity contribution in [3.8, 4) is 0 Å². The van der Waals surface area contributed by atoms with Gasteiger partial charge in [-0.2, -0.15) is 0 Å². The molecule has 0 aliphatic heterocycles. The number of rotatable bonds is 0. The minimum Gasteiger partial charge on any atom is -0.361 e. The number of halogens is 1. The van der Waals surface area contributed by atoms with E-state index < -0.39 is 5.67 Å². The summed E-state index contributed by atoms with van der Waals surface area (Å²) in [5.74, 6) is 1.28. The van der Waals surface area contributed by atoms with Crippen LogP contribution in [0.1, 0.15) is 64.2 Å². The Hall–Kier alpha value is -1.45. The van der Waals surface area contributed by atoms with Gasteiger partial charge in [-0.3, -0.25) is 4.79 Å². The molecule has 3 aliphatic rings. The Morgan fingerprint density at radius 2 is 2.09 bits per heavy atom. The van der Waals surface area contributed by atoms with E-state index in [1.807, 2.05) is 0 Å². The lowest BCUT2D eigenvalue weighted by Crippen LogP contribution is -2.54. The molecule has 1 heterocycles. The number of ketones is 1. The largest absolute Gasteiger partial charge is 0.361 e. The normalized spacial score (nSPS) is 38.9. The molecule has 1 fully saturated rings. The van der Waals surface area contributed by atoms with E-state index in [9.17, 15) is 4.79 Å². The maximum absolute atomic E-state index is 15.8. The fraction of sp³-hybridized carbons (Fsp3) is 0.684. The Morgan fingerprint density at radius 3 is 2.87 bits per heavy atom. The molecular weight excluding hydrogens is 293 g/mol. The van der Waals surface area contributed by atoms with Gasteiger partial charge in [0, 0.05) is 17.4 Å². The number of nitrogens with zero attached hydrogens (tertiary/aromatic N) is 1. The second-order valence-corrected chi connectivity index (χ2v) is 8.43. The summed E-state index contributed by atoms with van der Waals surface area (Å²) >= 11 is 0. The SMILES string of the molecule is CC1(C)c2oncc2C[C@]2(C)C3=CC(=O)CCCC3(F)CC[C@@H]12. The first-order chi connectivity index (χ1) is 10.8. The molecule has 0 bridgehead atoms. The van der Waals surface area contributed by atoms with Gasteiger partial charge in [-0.25, -0.2) is 4.39 Å². The molecule has 4 heteroatoms. The van der Waals surface area contributed by atoms with Crippen LogP contribution in [-0.2, 0) is 16.6 Å². The highest BCUT2D eigenvalue weighted by Gasteiger charge is 2.60. The first-order valence-electron chi connectivity index (χ1n) is 8.66. The second kappa shape index (κ2) is 4.55. The molecule has 0 amide bonds. The topological polar surface area (TPSA) is 43.1 Å². The molecular formula is C19H24FNO2. The minimum atomic E-state index is -1.32. The average molecular weight is 317 g/mol. The van der Waals surface area contributed by atoms with Crippen molar-refractivity contribution in [1.29, 1.82) is 0 Å². The zero-order chi connectivity index (χ0) is 16.5. The summed E-state index contributed by atoms with van der Waals surface area (Å²) in [6, 6.07) is 0. The number of aromatic nitrogens is 1. The minimum absolute atomic E-state index is 0.0790. The van der Waals surface area contributed by atoms with Gasteiger partial charge in [-0.05, 0) is 55.1 Å². The predicted octanol–water partition coefficient (Wildman–Crippen LogP) is 4.31. The van der Waals surface area contributed by atoms with E-state index in [-0.39, 0.29) is 22.5 Å². The number of allylic oxidation sites excluding steroid dienone is 2. The first kappa shape index (κ1) is 15.1. The highest BCUT2D eigenvalue weighted by atomic mass is 19.1. The molecule has 3 aliphatic carbocycles. The summed E-state index contributed by atoms with van der Waals surface area (Å²) in [7, 11) is 0. The van der Waals surface area contributed by atoms with Crippen molar-refractivity contribution in [1.82, 2.24) is 5.16 Å². The van der Waals surface area contributed by atoms with E-state index in [0.717, 1.165) is 23.3 Å². The summed E-state index contributed by atoms with van der Waals surface area (Å²) in [4.78, 5) is 12.2. The van der Waals surface area contributed by atoms with E-state index in [1.165, 1.54) is 0 Å². The number of hydrogen-bond acceptors (Lipinski definition) is 3. The summed E-state index contributed by atoms with van der Waals surface area (Å²) in [6.07, 6.45) is 7.06. The number of carbonyl (C=O) groups is 1. The molecule has 1 aromatic heterocycles. The Labute approximate surface area is 136 Å². The van der Waals surface area contributed by atoms with Crippen molar-refractivity contribution < 1.29 is 13.7 Å². The predicted molar refractivity (Wildman–Crippen MR) is 84.8 cm³/mol. The van der Waals surface area contributed by atoms with Gasteiger partial charge in [-0.15, -0.1) is 0 Å². The maximum Gasteiger partial charge on any atom is 0.155 e. The van der Waals surface area contributed by atoms with Crippen molar-refractivity contribution in [2.24, 2.45) is 11.3 Å². The highest BCUT2D eigenvalue weighted by Crippen LogP contribution is 2.62. The van der Waals surface area contributed by atoms with Gasteiger partial charge >= 0.3 is 0 Å². The van der Waals surface area contributed by atoms with Gasteiger partial charge < -0.3 is 4.52 Å². The third-order valence-corrected chi connectivity index (χ3v) is 6.66. The van der Waals surface area contributed by atoms with E-state index in [2.05, 4.69) is 25.9 Å². The molecule has 1 unspecified atom stereocenters. The third-order valence-electron chi connectivity index (χ3n) is 6.66. The smallest absolute Gasteiger partial charge is 0.155 e. The Bertz CT molecular complexity index is 704.